The van der Waals surface area contributed by atoms with Gasteiger partial charge in [-0.2, -0.15) is 4.31 Å². The molecule has 1 aromatic rings. The third kappa shape index (κ3) is 3.08. The van der Waals surface area contributed by atoms with Crippen molar-refractivity contribution in [3.63, 3.8) is 0 Å². The average Bonchev–Trinajstić information content (AvgIpc) is 3.22. The van der Waals surface area contributed by atoms with Gasteiger partial charge in [0, 0.05) is 45.6 Å². The molecule has 29 heavy (non-hydrogen) atoms. The second-order valence-electron chi connectivity index (χ2n) is 8.54. The van der Waals surface area contributed by atoms with Crippen LogP contribution in [0.3, 0.4) is 0 Å². The Morgan fingerprint density at radius 2 is 1.90 bits per heavy atom. The number of sulfonamides is 1. The van der Waals surface area contributed by atoms with Crippen LogP contribution in [0, 0.1) is 18.8 Å². The zero-order valence-corrected chi connectivity index (χ0v) is 18.1. The summed E-state index contributed by atoms with van der Waals surface area (Å²) in [4.78, 5) is 29.0. The van der Waals surface area contributed by atoms with E-state index in [2.05, 4.69) is 0 Å². The fourth-order valence-electron chi connectivity index (χ4n) is 5.63. The van der Waals surface area contributed by atoms with Crippen LogP contribution in [0.4, 0.5) is 0 Å². The van der Waals surface area contributed by atoms with Gasteiger partial charge in [-0.25, -0.2) is 8.42 Å². The Hall–Kier alpha value is -1.93. The van der Waals surface area contributed by atoms with Gasteiger partial charge in [-0.3, -0.25) is 9.59 Å². The molecule has 4 rings (SSSR count). The Bertz CT molecular complexity index is 937. The molecule has 158 valence electrons. The molecule has 2 amide bonds. The van der Waals surface area contributed by atoms with E-state index in [0.717, 1.165) is 5.56 Å². The van der Waals surface area contributed by atoms with Crippen molar-refractivity contribution in [2.24, 2.45) is 11.8 Å². The monoisotopic (exact) mass is 419 g/mol. The summed E-state index contributed by atoms with van der Waals surface area (Å²) in [6.45, 7) is 7.90. The van der Waals surface area contributed by atoms with E-state index in [-0.39, 0.29) is 29.2 Å². The summed E-state index contributed by atoms with van der Waals surface area (Å²) in [6.07, 6.45) is 1.23. The van der Waals surface area contributed by atoms with Crippen molar-refractivity contribution >= 4 is 21.8 Å². The predicted octanol–water partition coefficient (Wildman–Crippen LogP) is 1.47. The molecule has 3 heterocycles. The molecule has 2 atom stereocenters. The summed E-state index contributed by atoms with van der Waals surface area (Å²) in [7, 11) is -3.55. The quantitative estimate of drug-likeness (QED) is 0.743. The molecule has 0 aromatic heterocycles. The van der Waals surface area contributed by atoms with Crippen molar-refractivity contribution in [3.8, 4) is 0 Å². The number of likely N-dealkylation sites (tertiary alicyclic amines) is 2. The Morgan fingerprint density at radius 1 is 1.21 bits per heavy atom. The van der Waals surface area contributed by atoms with E-state index < -0.39 is 10.0 Å². The molecule has 0 aliphatic carbocycles. The zero-order valence-electron chi connectivity index (χ0n) is 17.3. The molecule has 3 fully saturated rings. The number of nitrogens with zero attached hydrogens (tertiary/aromatic N) is 3. The second-order valence-corrected chi connectivity index (χ2v) is 10.5. The minimum atomic E-state index is -3.55. The second kappa shape index (κ2) is 7.09. The SMILES string of the molecule is CCN1C(=O)[C@@H]2CN(C(C)=O)C[C@@H]2C12CCN(S(=O)(=O)c1cccc(C)c1)CC2. The molecular weight excluding hydrogens is 390 g/mol. The number of carbonyl (C=O) groups excluding carboxylic acids is 2. The Balaban J connectivity index is 1.58. The highest BCUT2D eigenvalue weighted by atomic mass is 32.2. The van der Waals surface area contributed by atoms with Crippen LogP contribution in [-0.2, 0) is 19.6 Å². The third-order valence-corrected chi connectivity index (χ3v) is 9.00. The first kappa shape index (κ1) is 20.3. The number of rotatable bonds is 3. The maximum atomic E-state index is 13.1. The number of amides is 2. The minimum absolute atomic E-state index is 0.00450. The number of fused-ring (bicyclic) bond motifs is 2. The van der Waals surface area contributed by atoms with E-state index in [0.29, 0.717) is 50.5 Å². The van der Waals surface area contributed by atoms with Crippen LogP contribution in [0.5, 0.6) is 0 Å². The van der Waals surface area contributed by atoms with Gasteiger partial charge in [0.2, 0.25) is 21.8 Å². The fraction of sp³-hybridized carbons (Fsp3) is 0.619. The molecule has 0 bridgehead atoms. The van der Waals surface area contributed by atoms with E-state index in [9.17, 15) is 18.0 Å². The van der Waals surface area contributed by atoms with Crippen LogP contribution in [0.25, 0.3) is 0 Å². The topological polar surface area (TPSA) is 78.0 Å². The Labute approximate surface area is 172 Å². The van der Waals surface area contributed by atoms with E-state index in [4.69, 9.17) is 0 Å². The van der Waals surface area contributed by atoms with Crippen LogP contribution < -0.4 is 0 Å². The molecule has 0 saturated carbocycles. The van der Waals surface area contributed by atoms with Crippen LogP contribution >= 0.6 is 0 Å². The van der Waals surface area contributed by atoms with E-state index >= 15 is 0 Å². The molecule has 0 radical (unpaired) electrons. The van der Waals surface area contributed by atoms with E-state index in [1.54, 1.807) is 34.3 Å². The zero-order chi connectivity index (χ0) is 21.0. The van der Waals surface area contributed by atoms with Gasteiger partial charge in [0.15, 0.2) is 0 Å². The van der Waals surface area contributed by atoms with Gasteiger partial charge in [0.05, 0.1) is 16.4 Å². The highest BCUT2D eigenvalue weighted by molar-refractivity contribution is 7.89. The first-order valence-electron chi connectivity index (χ1n) is 10.3. The standard InChI is InChI=1S/C21H29N3O4S/c1-4-24-20(26)18-13-22(16(3)25)14-19(18)21(24)8-10-23(11-9-21)29(27,28)17-7-5-6-15(2)12-17/h5-7,12,18-19H,4,8-11,13-14H2,1-3H3/t18-,19+/m1/s1. The number of benzene rings is 1. The number of piperidine rings is 1. The Kier molecular flexibility index (Phi) is 4.98. The fourth-order valence-corrected chi connectivity index (χ4v) is 7.17. The summed E-state index contributed by atoms with van der Waals surface area (Å²) < 4.78 is 27.8. The van der Waals surface area contributed by atoms with Crippen molar-refractivity contribution in [1.82, 2.24) is 14.1 Å². The normalized spacial score (nSPS) is 26.9. The van der Waals surface area contributed by atoms with Crippen molar-refractivity contribution in [2.45, 2.75) is 44.0 Å². The van der Waals surface area contributed by atoms with Crippen LogP contribution in [0.1, 0.15) is 32.3 Å². The lowest BCUT2D eigenvalue weighted by atomic mass is 9.75. The first-order valence-corrected chi connectivity index (χ1v) is 11.8. The molecule has 0 unspecified atom stereocenters. The summed E-state index contributed by atoms with van der Waals surface area (Å²) in [5.41, 5.74) is 0.565. The van der Waals surface area contributed by atoms with E-state index in [1.165, 1.54) is 0 Å². The minimum Gasteiger partial charge on any atom is -0.342 e. The molecule has 0 N–H and O–H groups in total. The van der Waals surface area contributed by atoms with Gasteiger partial charge in [-0.05, 0) is 44.4 Å². The van der Waals surface area contributed by atoms with Crippen LogP contribution in [-0.4, -0.2) is 72.6 Å². The maximum absolute atomic E-state index is 13.1. The lowest BCUT2D eigenvalue weighted by molar-refractivity contribution is -0.136. The van der Waals surface area contributed by atoms with Gasteiger partial charge in [-0.1, -0.05) is 12.1 Å². The summed E-state index contributed by atoms with van der Waals surface area (Å²) in [6, 6.07) is 6.99. The van der Waals surface area contributed by atoms with Crippen molar-refractivity contribution in [1.29, 1.82) is 0 Å². The largest absolute Gasteiger partial charge is 0.342 e. The molecular formula is C21H29N3O4S. The molecule has 8 heteroatoms. The lowest BCUT2D eigenvalue weighted by Gasteiger charge is -2.47. The molecule has 3 saturated heterocycles. The number of hydrogen-bond acceptors (Lipinski definition) is 4. The summed E-state index contributed by atoms with van der Waals surface area (Å²) >= 11 is 0. The predicted molar refractivity (Wildman–Crippen MR) is 109 cm³/mol. The number of aryl methyl sites for hydroxylation is 1. The molecule has 3 aliphatic heterocycles. The van der Waals surface area contributed by atoms with Crippen LogP contribution in [0.15, 0.2) is 29.2 Å². The highest BCUT2D eigenvalue weighted by Crippen LogP contribution is 2.50. The van der Waals surface area contributed by atoms with Crippen molar-refractivity contribution in [3.05, 3.63) is 29.8 Å². The lowest BCUT2D eigenvalue weighted by Crippen LogP contribution is -2.57. The van der Waals surface area contributed by atoms with Gasteiger partial charge >= 0.3 is 0 Å². The smallest absolute Gasteiger partial charge is 0.243 e. The number of carbonyl (C=O) groups is 2. The molecule has 1 aromatic carbocycles. The van der Waals surface area contributed by atoms with Gasteiger partial charge in [0.25, 0.3) is 0 Å². The van der Waals surface area contributed by atoms with Gasteiger partial charge in [0.1, 0.15) is 0 Å². The van der Waals surface area contributed by atoms with Gasteiger partial charge < -0.3 is 9.80 Å². The molecule has 3 aliphatic rings. The first-order chi connectivity index (χ1) is 13.7. The summed E-state index contributed by atoms with van der Waals surface area (Å²) in [5.74, 6) is 0.0579. The highest BCUT2D eigenvalue weighted by Gasteiger charge is 2.61. The average molecular weight is 420 g/mol. The summed E-state index contributed by atoms with van der Waals surface area (Å²) in [5, 5.41) is 0. The Morgan fingerprint density at radius 3 is 2.48 bits per heavy atom. The van der Waals surface area contributed by atoms with Crippen molar-refractivity contribution in [2.75, 3.05) is 32.7 Å². The number of hydrogen-bond donors (Lipinski definition) is 0. The molecule has 1 spiro atoms. The molecule has 7 nitrogen and oxygen atoms in total. The van der Waals surface area contributed by atoms with Crippen LogP contribution in [0.2, 0.25) is 0 Å². The third-order valence-electron chi connectivity index (χ3n) is 7.11. The maximum Gasteiger partial charge on any atom is 0.243 e. The van der Waals surface area contributed by atoms with E-state index in [1.807, 2.05) is 24.8 Å². The van der Waals surface area contributed by atoms with Gasteiger partial charge in [-0.15, -0.1) is 0 Å². The van der Waals surface area contributed by atoms with Crippen molar-refractivity contribution < 1.29 is 18.0 Å².